The largest absolute Gasteiger partial charge is 0.390 e. The van der Waals surface area contributed by atoms with Crippen molar-refractivity contribution in [2.24, 2.45) is 23.7 Å². The molecule has 0 aromatic carbocycles. The monoisotopic (exact) mass is 785 g/mol. The Hall–Kier alpha value is -1.91. The highest BCUT2D eigenvalue weighted by Gasteiger charge is 2.51. The zero-order valence-corrected chi connectivity index (χ0v) is 36.0. The van der Waals surface area contributed by atoms with E-state index in [0.29, 0.717) is 77.6 Å². The Kier molecular flexibility index (Phi) is 18.3. The lowest BCUT2D eigenvalue weighted by atomic mass is 9.74. The zero-order valence-electron chi connectivity index (χ0n) is 36.0. The van der Waals surface area contributed by atoms with Gasteiger partial charge in [-0.2, -0.15) is 0 Å². The Morgan fingerprint density at radius 3 is 2.40 bits per heavy atom. The number of ether oxygens (including phenoxy) is 5. The van der Waals surface area contributed by atoms with Gasteiger partial charge in [0.15, 0.2) is 6.29 Å². The number of hydrogen-bond donors (Lipinski definition) is 4. The van der Waals surface area contributed by atoms with Crippen molar-refractivity contribution in [3.63, 3.8) is 0 Å². The summed E-state index contributed by atoms with van der Waals surface area (Å²) in [7, 11) is 7.37. The summed E-state index contributed by atoms with van der Waals surface area (Å²) in [5.41, 5.74) is -2.31. The van der Waals surface area contributed by atoms with Gasteiger partial charge in [-0.15, -0.1) is 0 Å². The molecular formula is C41H76N4O10. The van der Waals surface area contributed by atoms with Crippen LogP contribution in [0.5, 0.6) is 0 Å². The fraction of sp³-hybridized carbons (Fsp3) is 0.927. The van der Waals surface area contributed by atoms with Crippen LogP contribution in [0.2, 0.25) is 0 Å². The second-order valence-electron chi connectivity index (χ2n) is 17.6. The number of aliphatic hydroxyl groups excluding tert-OH is 1. The van der Waals surface area contributed by atoms with E-state index < -0.39 is 53.7 Å². The highest BCUT2D eigenvalue weighted by atomic mass is 16.7. The molecule has 0 spiro atoms. The molecular weight excluding hydrogens is 708 g/mol. The van der Waals surface area contributed by atoms with Crippen molar-refractivity contribution >= 4 is 17.7 Å². The summed E-state index contributed by atoms with van der Waals surface area (Å²) < 4.78 is 33.0. The Labute approximate surface area is 331 Å². The van der Waals surface area contributed by atoms with Crippen molar-refractivity contribution in [2.75, 3.05) is 54.5 Å². The number of rotatable bonds is 12. The van der Waals surface area contributed by atoms with Crippen LogP contribution in [0.15, 0.2) is 0 Å². The van der Waals surface area contributed by atoms with Crippen LogP contribution >= 0.6 is 0 Å². The molecule has 2 aliphatic heterocycles. The first-order chi connectivity index (χ1) is 25.7. The van der Waals surface area contributed by atoms with Crippen molar-refractivity contribution in [1.29, 1.82) is 0 Å². The summed E-state index contributed by atoms with van der Waals surface area (Å²) in [6.45, 7) is 16.9. The first-order valence-electron chi connectivity index (χ1n) is 20.7. The maximum Gasteiger partial charge on any atom is 0.225 e. The molecule has 0 radical (unpaired) electrons. The molecule has 2 saturated heterocycles. The summed E-state index contributed by atoms with van der Waals surface area (Å²) in [6.07, 6.45) is -0.464. The molecule has 1 saturated carbocycles. The van der Waals surface area contributed by atoms with E-state index in [2.05, 4.69) is 15.5 Å². The second-order valence-corrected chi connectivity index (χ2v) is 17.6. The van der Waals surface area contributed by atoms with Gasteiger partial charge in [-0.25, -0.2) is 0 Å². The minimum atomic E-state index is -1.47. The fourth-order valence-electron chi connectivity index (χ4n) is 9.06. The topological polar surface area (TPSA) is 168 Å². The Morgan fingerprint density at radius 1 is 1.07 bits per heavy atom. The number of nitrogens with zero attached hydrogens (tertiary/aromatic N) is 2. The molecule has 55 heavy (non-hydrogen) atoms. The molecule has 3 fully saturated rings. The molecule has 2 heterocycles. The van der Waals surface area contributed by atoms with E-state index in [1.165, 1.54) is 0 Å². The first-order valence-corrected chi connectivity index (χ1v) is 20.7. The number of hydrogen-bond acceptors (Lipinski definition) is 11. The second kappa shape index (κ2) is 21.2. The zero-order chi connectivity index (χ0) is 41.2. The molecule has 320 valence electrons. The lowest BCUT2D eigenvalue weighted by Gasteiger charge is -2.49. The van der Waals surface area contributed by atoms with Gasteiger partial charge in [0.1, 0.15) is 6.10 Å². The summed E-state index contributed by atoms with van der Waals surface area (Å²) in [6, 6.07) is -0.0706. The van der Waals surface area contributed by atoms with Crippen LogP contribution in [-0.4, -0.2) is 152 Å². The Balaban J connectivity index is 2.07. The summed E-state index contributed by atoms with van der Waals surface area (Å²) in [4.78, 5) is 42.6. The third-order valence-electron chi connectivity index (χ3n) is 12.2. The smallest absolute Gasteiger partial charge is 0.225 e. The average molecular weight is 785 g/mol. The van der Waals surface area contributed by atoms with Crippen LogP contribution < -0.4 is 10.6 Å². The fourth-order valence-corrected chi connectivity index (χ4v) is 9.06. The maximum atomic E-state index is 13.9. The van der Waals surface area contributed by atoms with Crippen molar-refractivity contribution in [1.82, 2.24) is 20.4 Å². The molecule has 3 amide bonds. The summed E-state index contributed by atoms with van der Waals surface area (Å²) in [5, 5.41) is 29.7. The third-order valence-corrected chi connectivity index (χ3v) is 12.2. The molecule has 1 aliphatic carbocycles. The van der Waals surface area contributed by atoms with Gasteiger partial charge in [0.2, 0.25) is 17.7 Å². The molecule has 4 N–H and O–H groups in total. The third kappa shape index (κ3) is 13.0. The SMILES string of the molecule is CCC(=O)NCCCO[C@H]1[C@H](O[C@@H]2[C@@H](C)[C@H](O[C@@H]3C[C@@H](C)[C@H](O)[C@](C)(OC)C3)[C@@H](C)C(=O)NCCCC(=O)N(C)C[C@H](C)C[C@@]2(C)O)O[C@H](C)C[C@@H]1N(C)C. The molecule has 0 aromatic rings. The Morgan fingerprint density at radius 2 is 1.76 bits per heavy atom. The molecule has 3 aliphatic rings. The molecule has 0 unspecified atom stereocenters. The van der Waals surface area contributed by atoms with E-state index in [-0.39, 0.29) is 47.8 Å². The van der Waals surface area contributed by atoms with Gasteiger partial charge < -0.3 is 54.3 Å². The van der Waals surface area contributed by atoms with Crippen molar-refractivity contribution in [2.45, 2.75) is 167 Å². The van der Waals surface area contributed by atoms with Crippen LogP contribution in [0, 0.1) is 23.7 Å². The summed E-state index contributed by atoms with van der Waals surface area (Å²) >= 11 is 0. The van der Waals surface area contributed by atoms with Crippen LogP contribution in [0.3, 0.4) is 0 Å². The first kappa shape index (κ1) is 47.5. The van der Waals surface area contributed by atoms with E-state index in [0.717, 1.165) is 0 Å². The van der Waals surface area contributed by atoms with Gasteiger partial charge in [0.25, 0.3) is 0 Å². The number of carbonyl (C=O) groups is 3. The van der Waals surface area contributed by atoms with Gasteiger partial charge in [-0.3, -0.25) is 14.4 Å². The van der Waals surface area contributed by atoms with Gasteiger partial charge in [0.05, 0.1) is 47.6 Å². The van der Waals surface area contributed by atoms with Gasteiger partial charge >= 0.3 is 0 Å². The van der Waals surface area contributed by atoms with E-state index in [4.69, 9.17) is 23.7 Å². The molecule has 3 rings (SSSR count). The van der Waals surface area contributed by atoms with Crippen LogP contribution in [0.4, 0.5) is 0 Å². The molecule has 14 nitrogen and oxygen atoms in total. The highest BCUT2D eigenvalue weighted by molar-refractivity contribution is 5.79. The van der Waals surface area contributed by atoms with Crippen molar-refractivity contribution in [3.8, 4) is 0 Å². The minimum Gasteiger partial charge on any atom is -0.390 e. The van der Waals surface area contributed by atoms with Gasteiger partial charge in [-0.05, 0) is 78.8 Å². The van der Waals surface area contributed by atoms with E-state index in [1.807, 2.05) is 62.6 Å². The molecule has 14 heteroatoms. The average Bonchev–Trinajstić information content (AvgIpc) is 3.12. The molecule has 14 atom stereocenters. The number of nitrogens with one attached hydrogen (secondary N) is 2. The minimum absolute atomic E-state index is 0.0157. The number of methoxy groups -OCH3 is 1. The molecule has 0 bridgehead atoms. The predicted molar refractivity (Wildman–Crippen MR) is 210 cm³/mol. The highest BCUT2D eigenvalue weighted by Crippen LogP contribution is 2.41. The summed E-state index contributed by atoms with van der Waals surface area (Å²) in [5.74, 6) is -1.69. The van der Waals surface area contributed by atoms with Gasteiger partial charge in [-0.1, -0.05) is 34.6 Å². The predicted octanol–water partition coefficient (Wildman–Crippen LogP) is 3.11. The number of amides is 3. The number of likely N-dealkylation sites (N-methyl/N-ethyl adjacent to an activating group) is 1. The molecule has 0 aromatic heterocycles. The Bertz CT molecular complexity index is 1220. The lowest BCUT2D eigenvalue weighted by Crippen LogP contribution is -2.60. The maximum absolute atomic E-state index is 13.9. The van der Waals surface area contributed by atoms with E-state index in [9.17, 15) is 24.6 Å². The van der Waals surface area contributed by atoms with E-state index in [1.54, 1.807) is 26.0 Å². The quantitative estimate of drug-likeness (QED) is 0.215. The van der Waals surface area contributed by atoms with Crippen LogP contribution in [0.1, 0.15) is 107 Å². The lowest BCUT2D eigenvalue weighted by molar-refractivity contribution is -0.308. The number of aliphatic hydroxyl groups is 2. The van der Waals surface area contributed by atoms with Crippen molar-refractivity contribution in [3.05, 3.63) is 0 Å². The normalized spacial score (nSPS) is 40.3. The number of carbonyl (C=O) groups excluding carboxylic acids is 3. The van der Waals surface area contributed by atoms with E-state index >= 15 is 0 Å². The standard InChI is InChI=1S/C41H76N4O10/c1-13-32(46)42-18-15-19-52-35-31(44(9)10)21-27(4)53-39(35)55-37-28(5)34(54-30-20-26(3)36(48)41(8,23-30)51-12)29(6)38(49)43-17-14-16-33(47)45(11)24-25(2)22-40(37,7)50/h25-31,34-37,39,48,50H,13-24H2,1-12H3,(H,42,46)(H,43,49)/t25-,26-,27-,28+,29-,30-,31+,34+,35-,36+,37-,39+,40-,41-/m1/s1. The van der Waals surface area contributed by atoms with Crippen molar-refractivity contribution < 1.29 is 48.3 Å². The van der Waals surface area contributed by atoms with Crippen LogP contribution in [0.25, 0.3) is 0 Å². The van der Waals surface area contributed by atoms with Crippen LogP contribution in [-0.2, 0) is 38.1 Å². The van der Waals surface area contributed by atoms with Gasteiger partial charge in [0, 0.05) is 71.6 Å².